The van der Waals surface area contributed by atoms with Crippen molar-refractivity contribution in [1.29, 1.82) is 0 Å². The van der Waals surface area contributed by atoms with Crippen molar-refractivity contribution in [2.45, 2.75) is 154 Å². The summed E-state index contributed by atoms with van der Waals surface area (Å²) in [4.78, 5) is 0. The molecule has 0 fully saturated rings. The molecular weight excluding hydrogens is 713 g/mol. The Hall–Kier alpha value is -1.87. The Morgan fingerprint density at radius 2 is 1.00 bits per heavy atom. The summed E-state index contributed by atoms with van der Waals surface area (Å²) in [6.45, 7) is 35.0. The predicted molar refractivity (Wildman–Crippen MR) is 229 cm³/mol. The van der Waals surface area contributed by atoms with Crippen LogP contribution < -0.4 is 4.74 Å². The summed E-state index contributed by atoms with van der Waals surface area (Å²) in [6, 6.07) is 18.1. The van der Waals surface area contributed by atoms with Gasteiger partial charge in [0.1, 0.15) is 30.2 Å². The molecule has 0 aliphatic heterocycles. The van der Waals surface area contributed by atoms with E-state index in [4.69, 9.17) is 27.5 Å². The topological polar surface area (TPSA) is 75.6 Å². The Morgan fingerprint density at radius 1 is 0.585 bits per heavy atom. The maximum Gasteiger partial charge on any atom is 0.192 e. The van der Waals surface area contributed by atoms with Crippen LogP contribution in [0, 0.1) is 0 Å². The molecule has 0 spiro atoms. The third-order valence-corrected chi connectivity index (χ3v) is 24.9. The van der Waals surface area contributed by atoms with E-state index < -0.39 is 49.4 Å². The van der Waals surface area contributed by atoms with E-state index in [1.807, 2.05) is 48.5 Å². The van der Waals surface area contributed by atoms with Crippen LogP contribution in [0.25, 0.3) is 0 Å². The van der Waals surface area contributed by atoms with Gasteiger partial charge in [0.25, 0.3) is 0 Å². The fourth-order valence-corrected chi connectivity index (χ4v) is 8.28. The van der Waals surface area contributed by atoms with Crippen molar-refractivity contribution < 1.29 is 32.6 Å². The second-order valence-corrected chi connectivity index (χ2v) is 33.0. The Bertz CT molecular complexity index is 1400. The summed E-state index contributed by atoms with van der Waals surface area (Å²) in [5.41, 5.74) is 2.07. The zero-order valence-corrected chi connectivity index (χ0v) is 39.0. The molecule has 0 aliphatic carbocycles. The molecule has 0 aromatic heterocycles. The second-order valence-electron chi connectivity index (χ2n) is 18.7. The first kappa shape index (κ1) is 47.3. The van der Waals surface area contributed by atoms with Crippen molar-refractivity contribution in [1.82, 2.24) is 0 Å². The molecule has 2 rings (SSSR count). The molecule has 300 valence electrons. The van der Waals surface area contributed by atoms with Crippen molar-refractivity contribution in [2.75, 3.05) is 20.3 Å². The van der Waals surface area contributed by atoms with E-state index in [2.05, 4.69) is 126 Å². The highest BCUT2D eigenvalue weighted by Crippen LogP contribution is 2.42. The van der Waals surface area contributed by atoms with Gasteiger partial charge in [-0.2, -0.15) is 0 Å². The van der Waals surface area contributed by atoms with Gasteiger partial charge >= 0.3 is 0 Å². The lowest BCUT2D eigenvalue weighted by molar-refractivity contribution is -0.108. The fourth-order valence-electron chi connectivity index (χ4n) is 4.73. The molecule has 1 N–H and O–H groups in total. The van der Waals surface area contributed by atoms with Crippen molar-refractivity contribution in [3.63, 3.8) is 0 Å². The number of rotatable bonds is 20. The van der Waals surface area contributed by atoms with Crippen molar-refractivity contribution in [3.05, 3.63) is 90.0 Å². The van der Waals surface area contributed by atoms with E-state index >= 15 is 0 Å². The van der Waals surface area contributed by atoms with E-state index in [9.17, 15) is 5.11 Å². The molecule has 2 aromatic carbocycles. The molecule has 0 radical (unpaired) electrons. The van der Waals surface area contributed by atoms with Gasteiger partial charge in [-0.25, -0.2) is 0 Å². The molecule has 10 heteroatoms. The molecule has 4 atom stereocenters. The van der Waals surface area contributed by atoms with Gasteiger partial charge in [0.2, 0.25) is 0 Å². The lowest BCUT2D eigenvalue weighted by Gasteiger charge is -2.48. The molecule has 0 aliphatic rings. The van der Waals surface area contributed by atoms with Crippen LogP contribution in [-0.4, -0.2) is 74.8 Å². The molecule has 0 bridgehead atoms. The van der Waals surface area contributed by atoms with Gasteiger partial charge in [0, 0.05) is 0 Å². The summed E-state index contributed by atoms with van der Waals surface area (Å²) in [5, 5.41) is 9.96. The summed E-state index contributed by atoms with van der Waals surface area (Å²) in [7, 11) is -5.22. The van der Waals surface area contributed by atoms with Crippen molar-refractivity contribution in [2.24, 2.45) is 0 Å². The highest BCUT2D eigenvalue weighted by molar-refractivity contribution is 6.75. The van der Waals surface area contributed by atoms with E-state index in [0.29, 0.717) is 19.8 Å². The van der Waals surface area contributed by atoms with E-state index in [1.165, 1.54) is 0 Å². The molecule has 53 heavy (non-hydrogen) atoms. The molecular formula is C43H74O7Si3. The summed E-state index contributed by atoms with van der Waals surface area (Å²) >= 11 is 0. The van der Waals surface area contributed by atoms with Gasteiger partial charge in [0.15, 0.2) is 25.0 Å². The second kappa shape index (κ2) is 19.8. The summed E-state index contributed by atoms with van der Waals surface area (Å²) in [6.07, 6.45) is 5.70. The van der Waals surface area contributed by atoms with Gasteiger partial charge in [-0.15, -0.1) is 0 Å². The minimum absolute atomic E-state index is 0.0909. The Kier molecular flexibility index (Phi) is 17.7. The van der Waals surface area contributed by atoms with Crippen LogP contribution in [0.2, 0.25) is 54.4 Å². The lowest BCUT2D eigenvalue weighted by Crippen LogP contribution is -2.58. The van der Waals surface area contributed by atoms with Crippen LogP contribution in [0.1, 0.15) is 73.4 Å². The standard InChI is InChI=1S/C43H74O7Si3/c1-41(2,3)51(11,12)48-31-21-25-38(46-32-34-22-18-17-19-23-34)40(50-53(15,16)43(7,8)9)39(49-52(13,14)42(4,5)6)37(24-20-30-44)47-33-35-26-28-36(45-10)29-27-35/h17-29,37-40,44H,30-33H2,1-16H3/b24-20+,25-21+/t37-,38+,39+,40-/m1/s1. The largest absolute Gasteiger partial charge is 0.497 e. The zero-order valence-electron chi connectivity index (χ0n) is 36.0. The maximum absolute atomic E-state index is 10.1. The number of benzene rings is 2. The highest BCUT2D eigenvalue weighted by Gasteiger charge is 2.49. The maximum atomic E-state index is 10.1. The third-order valence-electron chi connectivity index (χ3n) is 11.4. The number of aliphatic hydroxyl groups is 1. The SMILES string of the molecule is COc1ccc(CO[C@H](/C=C/CO)[C@H](O[Si](C)(C)C(C)(C)C)[C@H](O[Si](C)(C)C(C)(C)C)[C@H](/C=C/CO[Si](C)(C)C(C)(C)C)OCc2ccccc2)cc1. The molecule has 0 saturated heterocycles. The summed E-state index contributed by atoms with van der Waals surface area (Å²) < 4.78 is 40.7. The van der Waals surface area contributed by atoms with E-state index in [0.717, 1.165) is 16.9 Å². The molecule has 0 heterocycles. The average Bonchev–Trinajstić information content (AvgIpc) is 3.05. The smallest absolute Gasteiger partial charge is 0.192 e. The highest BCUT2D eigenvalue weighted by atomic mass is 28.4. The van der Waals surface area contributed by atoms with Crippen LogP contribution in [0.5, 0.6) is 5.75 Å². The van der Waals surface area contributed by atoms with Gasteiger partial charge in [0.05, 0.1) is 33.5 Å². The number of ether oxygens (including phenoxy) is 3. The van der Waals surface area contributed by atoms with Gasteiger partial charge in [-0.05, 0) is 77.7 Å². The number of aliphatic hydroxyl groups excluding tert-OH is 1. The lowest BCUT2D eigenvalue weighted by atomic mass is 10.0. The predicted octanol–water partition coefficient (Wildman–Crippen LogP) is 11.1. The first-order chi connectivity index (χ1) is 24.3. The van der Waals surface area contributed by atoms with Gasteiger partial charge in [-0.1, -0.05) is 129 Å². The Morgan fingerprint density at radius 3 is 1.40 bits per heavy atom. The first-order valence-corrected chi connectivity index (χ1v) is 27.9. The minimum Gasteiger partial charge on any atom is -0.497 e. The Balaban J connectivity index is 2.81. The molecule has 7 nitrogen and oxygen atoms in total. The quantitative estimate of drug-likeness (QED) is 0.106. The third kappa shape index (κ3) is 14.6. The average molecular weight is 787 g/mol. The van der Waals surface area contributed by atoms with Crippen molar-refractivity contribution >= 4 is 25.0 Å². The minimum atomic E-state index is -2.45. The molecule has 2 aromatic rings. The van der Waals surface area contributed by atoms with Crippen LogP contribution in [0.3, 0.4) is 0 Å². The first-order valence-electron chi connectivity index (χ1n) is 19.2. The Labute approximate surface area is 326 Å². The van der Waals surface area contributed by atoms with Crippen LogP contribution >= 0.6 is 0 Å². The summed E-state index contributed by atoms with van der Waals surface area (Å²) in [5.74, 6) is 0.787. The fraction of sp³-hybridized carbons (Fsp3) is 0.628. The van der Waals surface area contributed by atoms with Crippen molar-refractivity contribution in [3.8, 4) is 5.75 Å². The van der Waals surface area contributed by atoms with Crippen LogP contribution in [0.4, 0.5) is 0 Å². The van der Waals surface area contributed by atoms with Crippen LogP contribution in [0.15, 0.2) is 78.9 Å². The normalized spacial score (nSPS) is 16.2. The number of hydrogen-bond acceptors (Lipinski definition) is 7. The monoisotopic (exact) mass is 786 g/mol. The molecule has 0 saturated carbocycles. The van der Waals surface area contributed by atoms with E-state index in [1.54, 1.807) is 13.2 Å². The van der Waals surface area contributed by atoms with Gasteiger partial charge < -0.3 is 32.6 Å². The number of methoxy groups -OCH3 is 1. The molecule has 0 amide bonds. The van der Waals surface area contributed by atoms with Crippen LogP contribution in [-0.2, 0) is 36.0 Å². The van der Waals surface area contributed by atoms with E-state index in [-0.39, 0.29) is 21.7 Å². The zero-order chi connectivity index (χ0) is 40.3. The molecule has 0 unspecified atom stereocenters. The number of hydrogen-bond donors (Lipinski definition) is 1. The van der Waals surface area contributed by atoms with Gasteiger partial charge in [-0.3, -0.25) is 0 Å².